The molecule has 0 saturated heterocycles. The van der Waals surface area contributed by atoms with Crippen molar-refractivity contribution in [2.24, 2.45) is 7.05 Å². The fourth-order valence-electron chi connectivity index (χ4n) is 1.57. The fourth-order valence-corrected chi connectivity index (χ4v) is 1.57. The Hall–Kier alpha value is -1.83. The molecule has 2 aromatic rings. The normalized spacial score (nSPS) is 10.4. The van der Waals surface area contributed by atoms with Gasteiger partial charge in [0.05, 0.1) is 0 Å². The predicted octanol–water partition coefficient (Wildman–Crippen LogP) is 2.18. The number of fused-ring (bicyclic) bond motifs is 1. The van der Waals surface area contributed by atoms with Crippen molar-refractivity contribution in [1.82, 2.24) is 4.57 Å². The Balaban J connectivity index is 2.99. The van der Waals surface area contributed by atoms with Gasteiger partial charge in [0.15, 0.2) is 0 Å². The highest BCUT2D eigenvalue weighted by Crippen LogP contribution is 2.11. The van der Waals surface area contributed by atoms with Crippen LogP contribution in [-0.4, -0.2) is 4.57 Å². The number of aromatic nitrogens is 1. The van der Waals surface area contributed by atoms with E-state index in [2.05, 4.69) is 6.58 Å². The first-order valence-corrected chi connectivity index (χ1v) is 4.45. The van der Waals surface area contributed by atoms with E-state index in [1.54, 1.807) is 17.7 Å². The standard InChI is InChI=1S/C12H11NO/c1-3-10-8-9-6-4-5-7-11(9)12(14)13(10)2/h3-8H,1H2,2H3. The molecule has 0 spiro atoms. The molecular weight excluding hydrogens is 174 g/mol. The molecule has 0 aliphatic carbocycles. The van der Waals surface area contributed by atoms with Crippen LogP contribution in [0.15, 0.2) is 41.7 Å². The quantitative estimate of drug-likeness (QED) is 0.667. The number of hydrogen-bond acceptors (Lipinski definition) is 1. The summed E-state index contributed by atoms with van der Waals surface area (Å²) in [5.74, 6) is 0. The van der Waals surface area contributed by atoms with Gasteiger partial charge >= 0.3 is 0 Å². The van der Waals surface area contributed by atoms with Crippen molar-refractivity contribution in [3.63, 3.8) is 0 Å². The Kier molecular flexibility index (Phi) is 1.97. The molecule has 2 heteroatoms. The molecule has 70 valence electrons. The van der Waals surface area contributed by atoms with Crippen LogP contribution in [0.25, 0.3) is 16.8 Å². The summed E-state index contributed by atoms with van der Waals surface area (Å²) >= 11 is 0. The van der Waals surface area contributed by atoms with Crippen LogP contribution in [0.3, 0.4) is 0 Å². The van der Waals surface area contributed by atoms with Gasteiger partial charge in [0.25, 0.3) is 5.56 Å². The van der Waals surface area contributed by atoms with Gasteiger partial charge in [-0.05, 0) is 23.6 Å². The summed E-state index contributed by atoms with van der Waals surface area (Å²) in [6.07, 6.45) is 1.69. The molecular formula is C12H11NO. The van der Waals surface area contributed by atoms with Crippen molar-refractivity contribution in [3.8, 4) is 0 Å². The second-order valence-corrected chi connectivity index (χ2v) is 3.22. The van der Waals surface area contributed by atoms with Crippen LogP contribution in [0.2, 0.25) is 0 Å². The topological polar surface area (TPSA) is 22.0 Å². The van der Waals surface area contributed by atoms with Crippen LogP contribution in [0.5, 0.6) is 0 Å². The van der Waals surface area contributed by atoms with Crippen molar-refractivity contribution in [2.75, 3.05) is 0 Å². The lowest BCUT2D eigenvalue weighted by Gasteiger charge is -2.05. The van der Waals surface area contributed by atoms with E-state index >= 15 is 0 Å². The summed E-state index contributed by atoms with van der Waals surface area (Å²) in [7, 11) is 1.76. The molecule has 1 aromatic heterocycles. The minimum atomic E-state index is 0.0259. The summed E-state index contributed by atoms with van der Waals surface area (Å²) in [6, 6.07) is 9.53. The molecule has 0 saturated carbocycles. The SMILES string of the molecule is C=Cc1cc2ccccc2c(=O)n1C. The Morgan fingerprint density at radius 2 is 2.07 bits per heavy atom. The van der Waals surface area contributed by atoms with Crippen molar-refractivity contribution >= 4 is 16.8 Å². The molecule has 0 fully saturated rings. The highest BCUT2D eigenvalue weighted by atomic mass is 16.1. The van der Waals surface area contributed by atoms with Gasteiger partial charge in [-0.25, -0.2) is 0 Å². The van der Waals surface area contributed by atoms with E-state index in [-0.39, 0.29) is 5.56 Å². The molecule has 0 N–H and O–H groups in total. The predicted molar refractivity (Wildman–Crippen MR) is 59.3 cm³/mol. The summed E-state index contributed by atoms with van der Waals surface area (Å²) in [4.78, 5) is 11.8. The zero-order valence-electron chi connectivity index (χ0n) is 8.03. The molecule has 0 bridgehead atoms. The van der Waals surface area contributed by atoms with E-state index in [4.69, 9.17) is 0 Å². The third kappa shape index (κ3) is 1.16. The van der Waals surface area contributed by atoms with Crippen LogP contribution >= 0.6 is 0 Å². The molecule has 1 heterocycles. The zero-order chi connectivity index (χ0) is 10.1. The lowest BCUT2D eigenvalue weighted by molar-refractivity contribution is 0.861. The monoisotopic (exact) mass is 185 g/mol. The molecule has 2 rings (SSSR count). The molecule has 1 aromatic carbocycles. The van der Waals surface area contributed by atoms with Gasteiger partial charge < -0.3 is 4.57 Å². The lowest BCUT2D eigenvalue weighted by atomic mass is 10.1. The summed E-state index contributed by atoms with van der Waals surface area (Å²) in [5, 5.41) is 1.71. The van der Waals surface area contributed by atoms with Crippen LogP contribution in [-0.2, 0) is 7.05 Å². The van der Waals surface area contributed by atoms with Crippen molar-refractivity contribution in [1.29, 1.82) is 0 Å². The fraction of sp³-hybridized carbons (Fsp3) is 0.0833. The van der Waals surface area contributed by atoms with Gasteiger partial charge in [0, 0.05) is 18.1 Å². The average molecular weight is 185 g/mol. The third-order valence-electron chi connectivity index (χ3n) is 2.40. The van der Waals surface area contributed by atoms with Gasteiger partial charge in [0.1, 0.15) is 0 Å². The van der Waals surface area contributed by atoms with Gasteiger partial charge in [-0.2, -0.15) is 0 Å². The highest BCUT2D eigenvalue weighted by molar-refractivity contribution is 5.83. The maximum Gasteiger partial charge on any atom is 0.258 e. The first kappa shape index (κ1) is 8.75. The van der Waals surface area contributed by atoms with Crippen molar-refractivity contribution in [2.45, 2.75) is 0 Å². The largest absolute Gasteiger partial charge is 0.311 e. The van der Waals surface area contributed by atoms with E-state index in [0.29, 0.717) is 0 Å². The first-order valence-electron chi connectivity index (χ1n) is 4.45. The van der Waals surface area contributed by atoms with E-state index in [0.717, 1.165) is 16.5 Å². The Bertz CT molecular complexity index is 552. The zero-order valence-corrected chi connectivity index (χ0v) is 8.03. The van der Waals surface area contributed by atoms with Crippen molar-refractivity contribution in [3.05, 3.63) is 53.0 Å². The van der Waals surface area contributed by atoms with Crippen LogP contribution < -0.4 is 5.56 Å². The van der Waals surface area contributed by atoms with Crippen LogP contribution in [0, 0.1) is 0 Å². The van der Waals surface area contributed by atoms with E-state index < -0.39 is 0 Å². The Morgan fingerprint density at radius 3 is 2.79 bits per heavy atom. The highest BCUT2D eigenvalue weighted by Gasteiger charge is 2.02. The summed E-state index contributed by atoms with van der Waals surface area (Å²) in [5.41, 5.74) is 0.867. The second kappa shape index (κ2) is 3.14. The van der Waals surface area contributed by atoms with Gasteiger partial charge in [-0.3, -0.25) is 4.79 Å². The Labute approximate surface area is 82.1 Å². The molecule has 0 aliphatic heterocycles. The minimum absolute atomic E-state index is 0.0259. The first-order chi connectivity index (χ1) is 6.74. The number of rotatable bonds is 1. The lowest BCUT2D eigenvalue weighted by Crippen LogP contribution is -2.18. The molecule has 0 radical (unpaired) electrons. The summed E-state index contributed by atoms with van der Waals surface area (Å²) < 4.78 is 1.61. The summed E-state index contributed by atoms with van der Waals surface area (Å²) in [6.45, 7) is 3.68. The number of pyridine rings is 1. The van der Waals surface area contributed by atoms with Gasteiger partial charge in [-0.1, -0.05) is 24.8 Å². The van der Waals surface area contributed by atoms with Gasteiger partial charge in [0.2, 0.25) is 0 Å². The number of hydrogen-bond donors (Lipinski definition) is 0. The van der Waals surface area contributed by atoms with Crippen LogP contribution in [0.4, 0.5) is 0 Å². The molecule has 14 heavy (non-hydrogen) atoms. The number of nitrogens with zero attached hydrogens (tertiary/aromatic N) is 1. The third-order valence-corrected chi connectivity index (χ3v) is 2.40. The maximum atomic E-state index is 11.8. The van der Waals surface area contributed by atoms with E-state index in [1.165, 1.54) is 0 Å². The smallest absolute Gasteiger partial charge is 0.258 e. The number of benzene rings is 1. The second-order valence-electron chi connectivity index (χ2n) is 3.22. The van der Waals surface area contributed by atoms with E-state index in [1.807, 2.05) is 30.3 Å². The Morgan fingerprint density at radius 1 is 1.36 bits per heavy atom. The van der Waals surface area contributed by atoms with E-state index in [9.17, 15) is 4.79 Å². The van der Waals surface area contributed by atoms with Crippen LogP contribution in [0.1, 0.15) is 5.69 Å². The average Bonchev–Trinajstić information content (AvgIpc) is 2.23. The molecule has 0 aliphatic rings. The van der Waals surface area contributed by atoms with Gasteiger partial charge in [-0.15, -0.1) is 0 Å². The molecule has 2 nitrogen and oxygen atoms in total. The maximum absolute atomic E-state index is 11.8. The molecule has 0 amide bonds. The molecule has 0 unspecified atom stereocenters. The molecule has 0 atom stereocenters. The minimum Gasteiger partial charge on any atom is -0.311 e. The van der Waals surface area contributed by atoms with Crippen molar-refractivity contribution < 1.29 is 0 Å².